The molecule has 0 saturated heterocycles. The molecular weight excluding hydrogens is 218 g/mol. The summed E-state index contributed by atoms with van der Waals surface area (Å²) >= 11 is 0. The van der Waals surface area contributed by atoms with Gasteiger partial charge in [-0.05, 0) is 31.7 Å². The molecule has 2 amide bonds. The van der Waals surface area contributed by atoms with Crippen LogP contribution in [0, 0.1) is 11.8 Å². The van der Waals surface area contributed by atoms with E-state index in [1.165, 1.54) is 6.92 Å². The van der Waals surface area contributed by atoms with Gasteiger partial charge < -0.3 is 16.4 Å². The minimum absolute atomic E-state index is 0.0693. The van der Waals surface area contributed by atoms with E-state index in [-0.39, 0.29) is 17.7 Å². The number of hydrogen-bond donors (Lipinski definition) is 3. The van der Waals surface area contributed by atoms with Gasteiger partial charge in [-0.3, -0.25) is 9.59 Å². The topological polar surface area (TPSA) is 84.2 Å². The Kier molecular flexibility index (Phi) is 5.97. The largest absolute Gasteiger partial charge is 0.355 e. The van der Waals surface area contributed by atoms with Crippen molar-refractivity contribution in [3.8, 4) is 0 Å². The number of nitrogens with two attached hydrogens (primary N) is 1. The summed E-state index contributed by atoms with van der Waals surface area (Å²) in [4.78, 5) is 22.5. The van der Waals surface area contributed by atoms with Crippen LogP contribution in [0.2, 0.25) is 0 Å². The van der Waals surface area contributed by atoms with Crippen LogP contribution in [-0.4, -0.2) is 31.4 Å². The number of nitrogens with one attached hydrogen (secondary N) is 2. The Bertz CT molecular complexity index is 268. The molecule has 5 heteroatoms. The Labute approximate surface area is 103 Å². The molecule has 0 bridgehead atoms. The van der Waals surface area contributed by atoms with E-state index in [9.17, 15) is 9.59 Å². The van der Waals surface area contributed by atoms with Crippen molar-refractivity contribution in [3.05, 3.63) is 0 Å². The second-order valence-corrected chi connectivity index (χ2v) is 4.74. The van der Waals surface area contributed by atoms with Gasteiger partial charge in [-0.25, -0.2) is 0 Å². The van der Waals surface area contributed by atoms with Crippen LogP contribution in [0.1, 0.15) is 32.6 Å². The maximum atomic E-state index is 11.8. The summed E-state index contributed by atoms with van der Waals surface area (Å²) in [5, 5.41) is 5.51. The van der Waals surface area contributed by atoms with Crippen LogP contribution in [0.3, 0.4) is 0 Å². The van der Waals surface area contributed by atoms with Crippen molar-refractivity contribution in [1.29, 1.82) is 0 Å². The summed E-state index contributed by atoms with van der Waals surface area (Å²) in [6.45, 7) is 3.14. The zero-order valence-corrected chi connectivity index (χ0v) is 10.5. The van der Waals surface area contributed by atoms with Gasteiger partial charge >= 0.3 is 0 Å². The molecule has 0 aromatic rings. The fourth-order valence-electron chi connectivity index (χ4n) is 2.31. The maximum absolute atomic E-state index is 11.8. The molecule has 0 aromatic heterocycles. The number of hydrogen-bond acceptors (Lipinski definition) is 3. The number of carbonyl (C=O) groups is 2. The van der Waals surface area contributed by atoms with Crippen LogP contribution in [0.5, 0.6) is 0 Å². The Morgan fingerprint density at radius 1 is 1.24 bits per heavy atom. The summed E-state index contributed by atoms with van der Waals surface area (Å²) in [6.07, 6.45) is 4.10. The van der Waals surface area contributed by atoms with Gasteiger partial charge in [0, 0.05) is 25.9 Å². The molecule has 0 aliphatic heterocycles. The third-order valence-corrected chi connectivity index (χ3v) is 3.29. The van der Waals surface area contributed by atoms with Crippen molar-refractivity contribution in [2.75, 3.05) is 19.6 Å². The zero-order chi connectivity index (χ0) is 12.7. The molecule has 1 aliphatic carbocycles. The molecular formula is C12H23N3O2. The van der Waals surface area contributed by atoms with Crippen molar-refractivity contribution in [2.45, 2.75) is 32.6 Å². The molecule has 98 valence electrons. The van der Waals surface area contributed by atoms with Crippen molar-refractivity contribution < 1.29 is 9.59 Å². The van der Waals surface area contributed by atoms with Crippen molar-refractivity contribution in [1.82, 2.24) is 10.6 Å². The summed E-state index contributed by atoms with van der Waals surface area (Å²) in [5.74, 6) is 0.637. The van der Waals surface area contributed by atoms with Crippen LogP contribution >= 0.6 is 0 Å². The van der Waals surface area contributed by atoms with Crippen LogP contribution in [0.25, 0.3) is 0 Å². The average Bonchev–Trinajstić information content (AvgIpc) is 2.34. The fraction of sp³-hybridized carbons (Fsp3) is 0.833. The van der Waals surface area contributed by atoms with Gasteiger partial charge in [0.25, 0.3) is 0 Å². The lowest BCUT2D eigenvalue weighted by Gasteiger charge is -2.27. The summed E-state index contributed by atoms with van der Waals surface area (Å²) < 4.78 is 0. The number of carbonyl (C=O) groups excluding carboxylic acids is 2. The predicted molar refractivity (Wildman–Crippen MR) is 66.2 cm³/mol. The van der Waals surface area contributed by atoms with Crippen LogP contribution in [0.15, 0.2) is 0 Å². The Balaban J connectivity index is 2.20. The minimum Gasteiger partial charge on any atom is -0.355 e. The lowest BCUT2D eigenvalue weighted by atomic mass is 9.81. The van der Waals surface area contributed by atoms with E-state index < -0.39 is 0 Å². The monoisotopic (exact) mass is 241 g/mol. The Hall–Kier alpha value is -1.10. The number of amides is 2. The first kappa shape index (κ1) is 14.0. The highest BCUT2D eigenvalue weighted by molar-refractivity contribution is 5.78. The van der Waals surface area contributed by atoms with E-state index in [0.29, 0.717) is 25.6 Å². The molecule has 0 heterocycles. The summed E-state index contributed by atoms with van der Waals surface area (Å²) in [6, 6.07) is 0. The zero-order valence-electron chi connectivity index (χ0n) is 10.5. The lowest BCUT2D eigenvalue weighted by Crippen LogP contribution is -2.39. The van der Waals surface area contributed by atoms with E-state index >= 15 is 0 Å². The van der Waals surface area contributed by atoms with Gasteiger partial charge in [0.2, 0.25) is 11.8 Å². The van der Waals surface area contributed by atoms with Gasteiger partial charge in [-0.15, -0.1) is 0 Å². The van der Waals surface area contributed by atoms with Gasteiger partial charge in [0.1, 0.15) is 0 Å². The molecule has 17 heavy (non-hydrogen) atoms. The van der Waals surface area contributed by atoms with Gasteiger partial charge in [-0.1, -0.05) is 6.42 Å². The summed E-state index contributed by atoms with van der Waals surface area (Å²) in [7, 11) is 0. The van der Waals surface area contributed by atoms with Crippen molar-refractivity contribution >= 4 is 11.8 Å². The Morgan fingerprint density at radius 3 is 2.59 bits per heavy atom. The molecule has 2 unspecified atom stereocenters. The second-order valence-electron chi connectivity index (χ2n) is 4.74. The Morgan fingerprint density at radius 2 is 1.94 bits per heavy atom. The first-order valence-corrected chi connectivity index (χ1v) is 6.35. The summed E-state index contributed by atoms with van der Waals surface area (Å²) in [5.41, 5.74) is 5.64. The van der Waals surface area contributed by atoms with Gasteiger partial charge in [0.05, 0.1) is 0 Å². The number of rotatable bonds is 5. The fourth-order valence-corrected chi connectivity index (χ4v) is 2.31. The highest BCUT2D eigenvalue weighted by Gasteiger charge is 2.25. The normalized spacial score (nSPS) is 24.1. The van der Waals surface area contributed by atoms with E-state index in [0.717, 1.165) is 25.7 Å². The second kappa shape index (κ2) is 7.27. The third-order valence-electron chi connectivity index (χ3n) is 3.29. The quantitative estimate of drug-likeness (QED) is 0.593. The molecule has 0 aromatic carbocycles. The first-order valence-electron chi connectivity index (χ1n) is 6.35. The van der Waals surface area contributed by atoms with Gasteiger partial charge in [-0.2, -0.15) is 0 Å². The first-order chi connectivity index (χ1) is 8.13. The molecule has 0 spiro atoms. The van der Waals surface area contributed by atoms with Crippen LogP contribution in [0.4, 0.5) is 0 Å². The predicted octanol–water partition coefficient (Wildman–Crippen LogP) is 0.00380. The SMILES string of the molecule is CC(=O)NCCNC(=O)C1CCCC(CN)C1. The van der Waals surface area contributed by atoms with E-state index in [2.05, 4.69) is 10.6 Å². The van der Waals surface area contributed by atoms with E-state index in [1.807, 2.05) is 0 Å². The molecule has 0 radical (unpaired) electrons. The van der Waals surface area contributed by atoms with Crippen LogP contribution in [-0.2, 0) is 9.59 Å². The standard InChI is InChI=1S/C12H23N3O2/c1-9(16)14-5-6-15-12(17)11-4-2-3-10(7-11)8-13/h10-11H,2-8,13H2,1H3,(H,14,16)(H,15,17). The average molecular weight is 241 g/mol. The van der Waals surface area contributed by atoms with E-state index in [1.54, 1.807) is 0 Å². The minimum atomic E-state index is -0.0693. The highest BCUT2D eigenvalue weighted by atomic mass is 16.2. The molecule has 2 atom stereocenters. The van der Waals surface area contributed by atoms with E-state index in [4.69, 9.17) is 5.73 Å². The molecule has 1 aliphatic rings. The third kappa shape index (κ3) is 5.17. The molecule has 1 saturated carbocycles. The lowest BCUT2D eigenvalue weighted by molar-refractivity contribution is -0.126. The van der Waals surface area contributed by atoms with Crippen molar-refractivity contribution in [3.63, 3.8) is 0 Å². The molecule has 1 rings (SSSR count). The molecule has 4 N–H and O–H groups in total. The van der Waals surface area contributed by atoms with Gasteiger partial charge in [0.15, 0.2) is 0 Å². The highest BCUT2D eigenvalue weighted by Crippen LogP contribution is 2.28. The molecule has 5 nitrogen and oxygen atoms in total. The smallest absolute Gasteiger partial charge is 0.223 e. The van der Waals surface area contributed by atoms with Crippen LogP contribution < -0.4 is 16.4 Å². The maximum Gasteiger partial charge on any atom is 0.223 e. The van der Waals surface area contributed by atoms with Crippen molar-refractivity contribution in [2.24, 2.45) is 17.6 Å². The molecule has 1 fully saturated rings.